The number of likely N-dealkylation sites (tertiary alicyclic amines) is 1. The molecule has 0 aromatic carbocycles. The maximum Gasteiger partial charge on any atom is 0.0218 e. The van der Waals surface area contributed by atoms with Gasteiger partial charge in [0.15, 0.2) is 0 Å². The van der Waals surface area contributed by atoms with Crippen molar-refractivity contribution in [3.05, 3.63) is 0 Å². The highest BCUT2D eigenvalue weighted by Crippen LogP contribution is 2.17. The highest BCUT2D eigenvalue weighted by molar-refractivity contribution is 4.75. The molecule has 1 saturated heterocycles. The van der Waals surface area contributed by atoms with Crippen LogP contribution in [0.3, 0.4) is 0 Å². The highest BCUT2D eigenvalue weighted by Gasteiger charge is 2.18. The minimum absolute atomic E-state index is 0.673. The zero-order valence-electron chi connectivity index (χ0n) is 13.2. The van der Waals surface area contributed by atoms with Crippen LogP contribution in [-0.2, 0) is 0 Å². The fourth-order valence-electron chi connectivity index (χ4n) is 3.25. The minimum Gasteiger partial charge on any atom is -0.329 e. The average Bonchev–Trinajstić information content (AvgIpc) is 2.66. The van der Waals surface area contributed by atoms with Crippen molar-refractivity contribution in [1.29, 1.82) is 0 Å². The maximum absolute atomic E-state index is 5.92. The van der Waals surface area contributed by atoms with E-state index in [1.54, 1.807) is 0 Å². The van der Waals surface area contributed by atoms with Gasteiger partial charge in [-0.1, -0.05) is 64.7 Å². The molecule has 1 fully saturated rings. The number of rotatable bonds is 10. The fourth-order valence-corrected chi connectivity index (χ4v) is 3.25. The summed E-state index contributed by atoms with van der Waals surface area (Å²) >= 11 is 0. The molecule has 114 valence electrons. The van der Waals surface area contributed by atoms with Gasteiger partial charge in [0.05, 0.1) is 0 Å². The van der Waals surface area contributed by atoms with Gasteiger partial charge in [-0.05, 0) is 32.4 Å². The van der Waals surface area contributed by atoms with Crippen molar-refractivity contribution in [1.82, 2.24) is 4.90 Å². The summed E-state index contributed by atoms with van der Waals surface area (Å²) in [5.41, 5.74) is 5.92. The Bertz CT molecular complexity index is 194. The predicted octanol–water partition coefficient (Wildman–Crippen LogP) is 4.33. The van der Waals surface area contributed by atoms with E-state index in [0.717, 1.165) is 6.54 Å². The van der Waals surface area contributed by atoms with Crippen LogP contribution >= 0.6 is 0 Å². The summed E-state index contributed by atoms with van der Waals surface area (Å²) < 4.78 is 0. The lowest BCUT2D eigenvalue weighted by Crippen LogP contribution is -2.40. The third kappa shape index (κ3) is 7.94. The summed E-state index contributed by atoms with van der Waals surface area (Å²) in [5.74, 6) is 0. The minimum atomic E-state index is 0.673. The summed E-state index contributed by atoms with van der Waals surface area (Å²) in [7, 11) is 0. The molecule has 2 N–H and O–H groups in total. The Morgan fingerprint density at radius 3 is 2.26 bits per heavy atom. The molecule has 2 nitrogen and oxygen atoms in total. The standard InChI is InChI=1S/C17H36N2/c1-2-3-4-5-6-7-8-11-14-19-15-12-9-10-13-17(19)16-18/h17H,2-16,18H2,1H3. The van der Waals surface area contributed by atoms with Crippen molar-refractivity contribution in [3.8, 4) is 0 Å². The van der Waals surface area contributed by atoms with Gasteiger partial charge in [-0.15, -0.1) is 0 Å². The number of hydrogen-bond donors (Lipinski definition) is 1. The molecule has 19 heavy (non-hydrogen) atoms. The lowest BCUT2D eigenvalue weighted by Gasteiger charge is -2.28. The molecule has 0 aliphatic carbocycles. The second kappa shape index (κ2) is 11.7. The van der Waals surface area contributed by atoms with Gasteiger partial charge < -0.3 is 5.73 Å². The molecule has 1 heterocycles. The summed E-state index contributed by atoms with van der Waals surface area (Å²) in [4.78, 5) is 2.67. The molecule has 0 amide bonds. The van der Waals surface area contributed by atoms with E-state index in [0.29, 0.717) is 6.04 Å². The Balaban J connectivity index is 2.00. The molecule has 1 aliphatic rings. The summed E-state index contributed by atoms with van der Waals surface area (Å²) in [6.07, 6.45) is 16.8. The Morgan fingerprint density at radius 2 is 1.58 bits per heavy atom. The molecule has 0 aromatic rings. The molecule has 1 unspecified atom stereocenters. The second-order valence-electron chi connectivity index (χ2n) is 6.25. The lowest BCUT2D eigenvalue weighted by molar-refractivity contribution is 0.200. The molecule has 0 aromatic heterocycles. The molecule has 2 heteroatoms. The number of nitrogens with zero attached hydrogens (tertiary/aromatic N) is 1. The van der Waals surface area contributed by atoms with Crippen LogP contribution in [0.4, 0.5) is 0 Å². The third-order valence-corrected chi connectivity index (χ3v) is 4.57. The Morgan fingerprint density at radius 1 is 0.895 bits per heavy atom. The van der Waals surface area contributed by atoms with Gasteiger partial charge in [0.1, 0.15) is 0 Å². The highest BCUT2D eigenvalue weighted by atomic mass is 15.2. The van der Waals surface area contributed by atoms with Crippen LogP contribution in [0.15, 0.2) is 0 Å². The van der Waals surface area contributed by atoms with E-state index in [4.69, 9.17) is 5.73 Å². The quantitative estimate of drug-likeness (QED) is 0.598. The normalized spacial score (nSPS) is 21.5. The predicted molar refractivity (Wildman–Crippen MR) is 85.5 cm³/mol. The Hall–Kier alpha value is -0.0800. The van der Waals surface area contributed by atoms with Gasteiger partial charge >= 0.3 is 0 Å². The van der Waals surface area contributed by atoms with E-state index in [1.807, 2.05) is 0 Å². The van der Waals surface area contributed by atoms with Crippen molar-refractivity contribution in [2.24, 2.45) is 5.73 Å². The van der Waals surface area contributed by atoms with Gasteiger partial charge in [0, 0.05) is 12.6 Å². The van der Waals surface area contributed by atoms with Crippen molar-refractivity contribution in [2.75, 3.05) is 19.6 Å². The largest absolute Gasteiger partial charge is 0.329 e. The van der Waals surface area contributed by atoms with Crippen molar-refractivity contribution < 1.29 is 0 Å². The molecule has 1 rings (SSSR count). The first-order valence-corrected chi connectivity index (χ1v) is 8.82. The number of unbranched alkanes of at least 4 members (excludes halogenated alkanes) is 7. The zero-order valence-corrected chi connectivity index (χ0v) is 13.2. The third-order valence-electron chi connectivity index (χ3n) is 4.57. The topological polar surface area (TPSA) is 29.3 Å². The number of nitrogens with two attached hydrogens (primary N) is 1. The molecule has 0 bridgehead atoms. The first-order chi connectivity index (χ1) is 9.38. The van der Waals surface area contributed by atoms with Gasteiger partial charge in [-0.2, -0.15) is 0 Å². The average molecular weight is 268 g/mol. The van der Waals surface area contributed by atoms with Crippen LogP contribution in [0.2, 0.25) is 0 Å². The van der Waals surface area contributed by atoms with Gasteiger partial charge in [0.25, 0.3) is 0 Å². The van der Waals surface area contributed by atoms with Gasteiger partial charge in [-0.25, -0.2) is 0 Å². The van der Waals surface area contributed by atoms with Crippen LogP contribution in [0.5, 0.6) is 0 Å². The molecule has 1 atom stereocenters. The van der Waals surface area contributed by atoms with Crippen LogP contribution in [-0.4, -0.2) is 30.6 Å². The molecule has 0 radical (unpaired) electrons. The Kier molecular flexibility index (Phi) is 10.5. The zero-order chi connectivity index (χ0) is 13.8. The van der Waals surface area contributed by atoms with Gasteiger partial charge in [-0.3, -0.25) is 4.90 Å². The summed E-state index contributed by atoms with van der Waals surface area (Å²) in [6, 6.07) is 0.673. The van der Waals surface area contributed by atoms with E-state index in [-0.39, 0.29) is 0 Å². The van der Waals surface area contributed by atoms with E-state index in [2.05, 4.69) is 11.8 Å². The van der Waals surface area contributed by atoms with Crippen LogP contribution in [0.25, 0.3) is 0 Å². The second-order valence-corrected chi connectivity index (χ2v) is 6.25. The summed E-state index contributed by atoms with van der Waals surface area (Å²) in [6.45, 7) is 5.72. The van der Waals surface area contributed by atoms with E-state index >= 15 is 0 Å². The van der Waals surface area contributed by atoms with Crippen LogP contribution in [0, 0.1) is 0 Å². The lowest BCUT2D eigenvalue weighted by atomic mass is 10.1. The maximum atomic E-state index is 5.92. The van der Waals surface area contributed by atoms with Crippen molar-refractivity contribution in [3.63, 3.8) is 0 Å². The van der Waals surface area contributed by atoms with Crippen molar-refractivity contribution >= 4 is 0 Å². The van der Waals surface area contributed by atoms with Gasteiger partial charge in [0.2, 0.25) is 0 Å². The fraction of sp³-hybridized carbons (Fsp3) is 1.00. The first kappa shape index (κ1) is 17.0. The molecule has 1 aliphatic heterocycles. The molecular weight excluding hydrogens is 232 g/mol. The van der Waals surface area contributed by atoms with Crippen LogP contribution < -0.4 is 5.73 Å². The Labute approximate surface area is 121 Å². The van der Waals surface area contributed by atoms with Crippen molar-refractivity contribution in [2.45, 2.75) is 90.0 Å². The monoisotopic (exact) mass is 268 g/mol. The van der Waals surface area contributed by atoms with E-state index in [9.17, 15) is 0 Å². The smallest absolute Gasteiger partial charge is 0.0218 e. The molecule has 0 saturated carbocycles. The van der Waals surface area contributed by atoms with E-state index < -0.39 is 0 Å². The molecule has 0 spiro atoms. The SMILES string of the molecule is CCCCCCCCCCN1CCCCCC1CN. The van der Waals surface area contributed by atoms with E-state index in [1.165, 1.54) is 90.1 Å². The summed E-state index contributed by atoms with van der Waals surface area (Å²) in [5, 5.41) is 0. The first-order valence-electron chi connectivity index (χ1n) is 8.82. The number of hydrogen-bond acceptors (Lipinski definition) is 2. The molecular formula is C17H36N2. The van der Waals surface area contributed by atoms with Crippen LogP contribution in [0.1, 0.15) is 84.0 Å².